The fraction of sp³-hybridized carbons (Fsp3) is 0. The van der Waals surface area contributed by atoms with Gasteiger partial charge in [0.15, 0.2) is 0 Å². The number of hydrogen-bond acceptors (Lipinski definition) is 4. The van der Waals surface area contributed by atoms with Crippen LogP contribution < -0.4 is 5.43 Å². The number of rotatable bonds is 3. The molecule has 3 rings (SSSR count). The normalized spacial score (nSPS) is 11.3. The first-order valence-electron chi connectivity index (χ1n) is 5.89. The van der Waals surface area contributed by atoms with Crippen LogP contribution in [0.2, 0.25) is 5.02 Å². The van der Waals surface area contributed by atoms with Gasteiger partial charge in [-0.25, -0.2) is 9.82 Å². The van der Waals surface area contributed by atoms with Gasteiger partial charge in [-0.3, -0.25) is 4.79 Å². The van der Waals surface area contributed by atoms with Crippen molar-refractivity contribution in [1.29, 1.82) is 0 Å². The summed E-state index contributed by atoms with van der Waals surface area (Å²) < 4.78 is 13.8. The van der Waals surface area contributed by atoms with E-state index in [1.807, 2.05) is 17.5 Å². The molecule has 0 fully saturated rings. The van der Waals surface area contributed by atoms with Gasteiger partial charge in [-0.2, -0.15) is 5.10 Å². The molecule has 21 heavy (non-hydrogen) atoms. The maximum Gasteiger partial charge on any atom is 0.283 e. The number of carbonyl (C=O) groups excluding carboxylic acids is 1. The number of benzene rings is 1. The summed E-state index contributed by atoms with van der Waals surface area (Å²) in [5.41, 5.74) is 2.42. The zero-order chi connectivity index (χ0) is 14.8. The second kappa shape index (κ2) is 5.93. The Morgan fingerprint density at radius 2 is 2.24 bits per heavy atom. The number of thiophene rings is 2. The molecule has 2 heterocycles. The Morgan fingerprint density at radius 3 is 3.00 bits per heavy atom. The topological polar surface area (TPSA) is 41.5 Å². The summed E-state index contributed by atoms with van der Waals surface area (Å²) in [4.78, 5) is 13.3. The molecule has 0 aliphatic heterocycles. The van der Waals surface area contributed by atoms with Crippen molar-refractivity contribution in [1.82, 2.24) is 5.43 Å². The molecule has 0 unspecified atom stereocenters. The van der Waals surface area contributed by atoms with Gasteiger partial charge in [0, 0.05) is 15.0 Å². The summed E-state index contributed by atoms with van der Waals surface area (Å²) in [5.74, 6) is -0.766. The maximum atomic E-state index is 13.2. The first kappa shape index (κ1) is 14.2. The van der Waals surface area contributed by atoms with E-state index in [-0.39, 0.29) is 5.82 Å². The van der Waals surface area contributed by atoms with Crippen LogP contribution in [0.15, 0.2) is 40.8 Å². The van der Waals surface area contributed by atoms with Crippen molar-refractivity contribution < 1.29 is 9.18 Å². The summed E-state index contributed by atoms with van der Waals surface area (Å²) >= 11 is 8.81. The molecule has 7 heteroatoms. The van der Waals surface area contributed by atoms with Crippen LogP contribution in [0.5, 0.6) is 0 Å². The number of halogens is 2. The van der Waals surface area contributed by atoms with Crippen LogP contribution in [0.4, 0.5) is 4.39 Å². The van der Waals surface area contributed by atoms with Crippen molar-refractivity contribution in [2.45, 2.75) is 0 Å². The molecule has 0 aliphatic carbocycles. The second-order valence-electron chi connectivity index (χ2n) is 4.10. The lowest BCUT2D eigenvalue weighted by Crippen LogP contribution is -2.16. The number of nitrogens with one attached hydrogen (secondary N) is 1. The molecule has 2 aromatic heterocycles. The molecule has 0 atom stereocenters. The van der Waals surface area contributed by atoms with Crippen molar-refractivity contribution in [3.63, 3.8) is 0 Å². The summed E-state index contributed by atoms with van der Waals surface area (Å²) in [6.07, 6.45) is 1.56. The third-order valence-corrected chi connectivity index (χ3v) is 5.16. The third kappa shape index (κ3) is 2.97. The number of nitrogens with zero attached hydrogens (tertiary/aromatic N) is 1. The molecular formula is C14H8ClFN2OS2. The maximum absolute atomic E-state index is 13.2. The van der Waals surface area contributed by atoms with E-state index >= 15 is 0 Å². The van der Waals surface area contributed by atoms with E-state index in [2.05, 4.69) is 10.5 Å². The van der Waals surface area contributed by atoms with Gasteiger partial charge in [0.2, 0.25) is 0 Å². The van der Waals surface area contributed by atoms with Gasteiger partial charge in [0.05, 0.1) is 11.2 Å². The smallest absolute Gasteiger partial charge is 0.266 e. The summed E-state index contributed by atoms with van der Waals surface area (Å²) in [5, 5.41) is 6.78. The average molecular weight is 339 g/mol. The molecule has 0 spiro atoms. The third-order valence-electron chi connectivity index (χ3n) is 2.70. The van der Waals surface area contributed by atoms with Crippen LogP contribution in [-0.2, 0) is 0 Å². The Bertz CT molecular complexity index is 827. The molecule has 0 aliphatic rings. The molecule has 0 bridgehead atoms. The van der Waals surface area contributed by atoms with E-state index in [0.717, 1.165) is 16.2 Å². The quantitative estimate of drug-likeness (QED) is 0.553. The summed E-state index contributed by atoms with van der Waals surface area (Å²) in [6.45, 7) is 0. The highest BCUT2D eigenvalue weighted by Crippen LogP contribution is 2.35. The Balaban J connectivity index is 1.83. The van der Waals surface area contributed by atoms with Crippen LogP contribution in [-0.4, -0.2) is 12.1 Å². The lowest BCUT2D eigenvalue weighted by atomic mass is 10.2. The number of carbonyl (C=O) groups is 1. The number of hydrogen-bond donors (Lipinski definition) is 1. The highest BCUT2D eigenvalue weighted by Gasteiger charge is 2.17. The molecule has 3 aromatic rings. The van der Waals surface area contributed by atoms with E-state index in [1.54, 1.807) is 12.3 Å². The van der Waals surface area contributed by atoms with Crippen molar-refractivity contribution in [3.05, 3.63) is 56.3 Å². The van der Waals surface area contributed by atoms with Gasteiger partial charge in [-0.1, -0.05) is 17.7 Å². The SMILES string of the molecule is O=C(NN=Cc1cccs1)c1sc2cc(F)ccc2c1Cl. The van der Waals surface area contributed by atoms with Crippen LogP contribution in [0.25, 0.3) is 10.1 Å². The number of fused-ring (bicyclic) bond motifs is 1. The fourth-order valence-electron chi connectivity index (χ4n) is 1.76. The minimum Gasteiger partial charge on any atom is -0.266 e. The fourth-order valence-corrected chi connectivity index (χ4v) is 3.77. The molecule has 0 radical (unpaired) electrons. The minimum absolute atomic E-state index is 0.318. The largest absolute Gasteiger partial charge is 0.283 e. The van der Waals surface area contributed by atoms with E-state index < -0.39 is 5.91 Å². The lowest BCUT2D eigenvalue weighted by molar-refractivity contribution is 0.0959. The Labute approximate surface area is 132 Å². The Kier molecular flexibility index (Phi) is 4.01. The first-order valence-corrected chi connectivity index (χ1v) is 7.97. The van der Waals surface area contributed by atoms with Crippen molar-refractivity contribution in [2.24, 2.45) is 5.10 Å². The zero-order valence-corrected chi connectivity index (χ0v) is 12.9. The van der Waals surface area contributed by atoms with Gasteiger partial charge in [0.1, 0.15) is 10.7 Å². The molecule has 0 saturated heterocycles. The highest BCUT2D eigenvalue weighted by molar-refractivity contribution is 7.21. The number of amides is 1. The zero-order valence-electron chi connectivity index (χ0n) is 10.5. The molecule has 106 valence electrons. The molecular weight excluding hydrogens is 331 g/mol. The summed E-state index contributed by atoms with van der Waals surface area (Å²) in [7, 11) is 0. The minimum atomic E-state index is -0.408. The lowest BCUT2D eigenvalue weighted by Gasteiger charge is -1.96. The number of hydrazone groups is 1. The standard InChI is InChI=1S/C14H8ClFN2OS2/c15-12-10-4-3-8(16)6-11(10)21-13(12)14(19)18-17-7-9-2-1-5-20-9/h1-7H,(H,18,19). The van der Waals surface area contributed by atoms with Gasteiger partial charge < -0.3 is 0 Å². The van der Waals surface area contributed by atoms with Crippen LogP contribution in [0.3, 0.4) is 0 Å². The molecule has 1 N–H and O–H groups in total. The van der Waals surface area contributed by atoms with Crippen LogP contribution in [0, 0.1) is 5.82 Å². The highest BCUT2D eigenvalue weighted by atomic mass is 35.5. The average Bonchev–Trinajstić information content (AvgIpc) is 3.07. The van der Waals surface area contributed by atoms with Crippen LogP contribution in [0.1, 0.15) is 14.5 Å². The van der Waals surface area contributed by atoms with Crippen molar-refractivity contribution in [3.8, 4) is 0 Å². The van der Waals surface area contributed by atoms with Gasteiger partial charge in [-0.05, 0) is 29.6 Å². The van der Waals surface area contributed by atoms with Gasteiger partial charge >= 0.3 is 0 Å². The van der Waals surface area contributed by atoms with Crippen molar-refractivity contribution in [2.75, 3.05) is 0 Å². The van der Waals surface area contributed by atoms with Gasteiger partial charge in [0.25, 0.3) is 5.91 Å². The molecule has 0 saturated carbocycles. The molecule has 1 aromatic carbocycles. The van der Waals surface area contributed by atoms with Gasteiger partial charge in [-0.15, -0.1) is 22.7 Å². The second-order valence-corrected chi connectivity index (χ2v) is 6.51. The van der Waals surface area contributed by atoms with Crippen LogP contribution >= 0.6 is 34.3 Å². The van der Waals surface area contributed by atoms with E-state index in [0.29, 0.717) is 20.0 Å². The monoisotopic (exact) mass is 338 g/mol. The Hall–Kier alpha value is -1.76. The van der Waals surface area contributed by atoms with E-state index in [1.165, 1.54) is 23.5 Å². The summed E-state index contributed by atoms with van der Waals surface area (Å²) in [6, 6.07) is 8.02. The molecule has 1 amide bonds. The predicted molar refractivity (Wildman–Crippen MR) is 86.2 cm³/mol. The Morgan fingerprint density at radius 1 is 1.38 bits per heavy atom. The van der Waals surface area contributed by atoms with E-state index in [4.69, 9.17) is 11.6 Å². The van der Waals surface area contributed by atoms with E-state index in [9.17, 15) is 9.18 Å². The molecule has 3 nitrogen and oxygen atoms in total. The first-order chi connectivity index (χ1) is 10.1. The van der Waals surface area contributed by atoms with Crippen molar-refractivity contribution >= 4 is 56.5 Å². The predicted octanol–water partition coefficient (Wildman–Crippen LogP) is 4.52.